The second-order valence-electron chi connectivity index (χ2n) is 4.82. The van der Waals surface area contributed by atoms with Crippen molar-refractivity contribution in [3.05, 3.63) is 53.8 Å². The SMILES string of the molecule is C=CCC1(N)OC(C)=C(c2cccc(C(F)(F)F)c2)C1=O. The molecule has 1 aliphatic heterocycles. The maximum atomic E-state index is 12.8. The average molecular weight is 297 g/mol. The fraction of sp³-hybridized carbons (Fsp3) is 0.267. The van der Waals surface area contributed by atoms with E-state index in [1.54, 1.807) is 0 Å². The van der Waals surface area contributed by atoms with E-state index in [4.69, 9.17) is 10.5 Å². The Kier molecular flexibility index (Phi) is 3.67. The molecule has 21 heavy (non-hydrogen) atoms. The number of carbonyl (C=O) groups excluding carboxylic acids is 1. The summed E-state index contributed by atoms with van der Waals surface area (Å²) in [6.45, 7) is 5.00. The Labute approximate surface area is 119 Å². The number of ketones is 1. The quantitative estimate of drug-likeness (QED) is 0.871. The Bertz CT molecular complexity index is 634. The highest BCUT2D eigenvalue weighted by atomic mass is 19.4. The molecule has 1 aliphatic rings. The molecule has 0 radical (unpaired) electrons. The number of halogens is 3. The topological polar surface area (TPSA) is 52.3 Å². The van der Waals surface area contributed by atoms with Gasteiger partial charge in [-0.2, -0.15) is 13.2 Å². The van der Waals surface area contributed by atoms with E-state index in [0.29, 0.717) is 0 Å². The van der Waals surface area contributed by atoms with Gasteiger partial charge in [-0.25, -0.2) is 0 Å². The van der Waals surface area contributed by atoms with Gasteiger partial charge in [0.2, 0.25) is 11.5 Å². The van der Waals surface area contributed by atoms with E-state index in [0.717, 1.165) is 12.1 Å². The lowest BCUT2D eigenvalue weighted by atomic mass is 9.94. The van der Waals surface area contributed by atoms with Crippen LogP contribution in [0.4, 0.5) is 13.2 Å². The minimum Gasteiger partial charge on any atom is -0.469 e. The number of rotatable bonds is 3. The Morgan fingerprint density at radius 1 is 1.43 bits per heavy atom. The molecule has 0 fully saturated rings. The Hall–Kier alpha value is -2.08. The van der Waals surface area contributed by atoms with Crippen LogP contribution in [0.2, 0.25) is 0 Å². The van der Waals surface area contributed by atoms with Crippen LogP contribution in [0.5, 0.6) is 0 Å². The first kappa shape index (κ1) is 15.3. The van der Waals surface area contributed by atoms with Crippen LogP contribution < -0.4 is 5.73 Å². The van der Waals surface area contributed by atoms with Crippen LogP contribution in [0.25, 0.3) is 5.57 Å². The molecule has 0 saturated heterocycles. The van der Waals surface area contributed by atoms with Crippen LogP contribution in [0.15, 0.2) is 42.7 Å². The van der Waals surface area contributed by atoms with Gasteiger partial charge in [-0.1, -0.05) is 18.2 Å². The van der Waals surface area contributed by atoms with Crippen molar-refractivity contribution >= 4 is 11.4 Å². The van der Waals surface area contributed by atoms with Crippen molar-refractivity contribution in [3.63, 3.8) is 0 Å². The fourth-order valence-corrected chi connectivity index (χ4v) is 2.28. The lowest BCUT2D eigenvalue weighted by Gasteiger charge is -2.21. The molecule has 2 rings (SSSR count). The van der Waals surface area contributed by atoms with Crippen LogP contribution in [0.1, 0.15) is 24.5 Å². The van der Waals surface area contributed by atoms with Crippen LogP contribution in [0.3, 0.4) is 0 Å². The number of ether oxygens (including phenoxy) is 1. The monoisotopic (exact) mass is 297 g/mol. The van der Waals surface area contributed by atoms with E-state index in [9.17, 15) is 18.0 Å². The van der Waals surface area contributed by atoms with Gasteiger partial charge in [-0.05, 0) is 24.6 Å². The molecule has 1 aromatic rings. The molecule has 2 N–H and O–H groups in total. The summed E-state index contributed by atoms with van der Waals surface area (Å²) in [4.78, 5) is 12.4. The second kappa shape index (κ2) is 5.04. The number of benzene rings is 1. The summed E-state index contributed by atoms with van der Waals surface area (Å²) in [6.07, 6.45) is -2.97. The molecule has 0 aliphatic carbocycles. The number of allylic oxidation sites excluding steroid dienone is 1. The van der Waals surface area contributed by atoms with Crippen molar-refractivity contribution in [3.8, 4) is 0 Å². The number of hydrogen-bond acceptors (Lipinski definition) is 3. The molecule has 3 nitrogen and oxygen atoms in total. The van der Waals surface area contributed by atoms with Crippen LogP contribution >= 0.6 is 0 Å². The first-order chi connectivity index (χ1) is 9.69. The van der Waals surface area contributed by atoms with Crippen molar-refractivity contribution in [1.82, 2.24) is 0 Å². The maximum absolute atomic E-state index is 12.8. The molecule has 0 amide bonds. The zero-order valence-electron chi connectivity index (χ0n) is 11.3. The summed E-state index contributed by atoms with van der Waals surface area (Å²) in [6, 6.07) is 4.53. The Morgan fingerprint density at radius 2 is 2.10 bits per heavy atom. The number of alkyl halides is 3. The molecule has 1 heterocycles. The molecule has 1 atom stereocenters. The highest BCUT2D eigenvalue weighted by Crippen LogP contribution is 2.37. The summed E-state index contributed by atoms with van der Waals surface area (Å²) >= 11 is 0. The summed E-state index contributed by atoms with van der Waals surface area (Å²) in [5, 5.41) is 0. The summed E-state index contributed by atoms with van der Waals surface area (Å²) < 4.78 is 43.6. The van der Waals surface area contributed by atoms with E-state index in [1.165, 1.54) is 25.1 Å². The van der Waals surface area contributed by atoms with Crippen molar-refractivity contribution in [2.75, 3.05) is 0 Å². The zero-order valence-corrected chi connectivity index (χ0v) is 11.3. The standard InChI is InChI=1S/C15H14F3NO2/c1-3-7-14(19)13(20)12(9(2)21-14)10-5-4-6-11(8-10)15(16,17)18/h3-6,8H,1,7,19H2,2H3. The fourth-order valence-electron chi connectivity index (χ4n) is 2.28. The number of carbonyl (C=O) groups is 1. The number of nitrogens with two attached hydrogens (primary N) is 1. The third-order valence-electron chi connectivity index (χ3n) is 3.22. The molecule has 1 unspecified atom stereocenters. The van der Waals surface area contributed by atoms with Crippen LogP contribution in [0, 0.1) is 0 Å². The summed E-state index contributed by atoms with van der Waals surface area (Å²) in [5.41, 5.74) is 3.65. The van der Waals surface area contributed by atoms with Gasteiger partial charge in [-0.3, -0.25) is 10.5 Å². The highest BCUT2D eigenvalue weighted by molar-refractivity contribution is 6.26. The first-order valence-electron chi connectivity index (χ1n) is 6.21. The molecule has 0 bridgehead atoms. The third-order valence-corrected chi connectivity index (χ3v) is 3.22. The van der Waals surface area contributed by atoms with Gasteiger partial charge < -0.3 is 4.74 Å². The molecule has 112 valence electrons. The molecule has 0 saturated carbocycles. The molecular weight excluding hydrogens is 283 g/mol. The molecule has 0 aromatic heterocycles. The van der Waals surface area contributed by atoms with E-state index < -0.39 is 23.2 Å². The van der Waals surface area contributed by atoms with Crippen molar-refractivity contribution in [2.24, 2.45) is 5.73 Å². The van der Waals surface area contributed by atoms with Gasteiger partial charge in [0.15, 0.2) is 0 Å². The molecule has 6 heteroatoms. The largest absolute Gasteiger partial charge is 0.469 e. The van der Waals surface area contributed by atoms with Gasteiger partial charge in [0, 0.05) is 6.42 Å². The van der Waals surface area contributed by atoms with Gasteiger partial charge in [0.05, 0.1) is 11.1 Å². The van der Waals surface area contributed by atoms with E-state index in [1.807, 2.05) is 0 Å². The normalized spacial score (nSPS) is 22.4. The molecule has 1 aromatic carbocycles. The minimum absolute atomic E-state index is 0.0745. The first-order valence-corrected chi connectivity index (χ1v) is 6.21. The maximum Gasteiger partial charge on any atom is 0.416 e. The van der Waals surface area contributed by atoms with Crippen LogP contribution in [-0.2, 0) is 15.7 Å². The zero-order chi connectivity index (χ0) is 15.8. The van der Waals surface area contributed by atoms with E-state index in [-0.39, 0.29) is 23.3 Å². The lowest BCUT2D eigenvalue weighted by molar-refractivity contribution is -0.137. The molecule has 0 spiro atoms. The van der Waals surface area contributed by atoms with Gasteiger partial charge >= 0.3 is 6.18 Å². The van der Waals surface area contributed by atoms with E-state index in [2.05, 4.69) is 6.58 Å². The summed E-state index contributed by atoms with van der Waals surface area (Å²) in [5.74, 6) is -0.331. The Balaban J connectivity index is 2.45. The molecular formula is C15H14F3NO2. The minimum atomic E-state index is -4.48. The van der Waals surface area contributed by atoms with Crippen LogP contribution in [-0.4, -0.2) is 11.5 Å². The van der Waals surface area contributed by atoms with E-state index >= 15 is 0 Å². The summed E-state index contributed by atoms with van der Waals surface area (Å²) in [7, 11) is 0. The second-order valence-corrected chi connectivity index (χ2v) is 4.82. The van der Waals surface area contributed by atoms with Crippen molar-refractivity contribution in [2.45, 2.75) is 25.2 Å². The smallest absolute Gasteiger partial charge is 0.416 e. The van der Waals surface area contributed by atoms with Crippen molar-refractivity contribution in [1.29, 1.82) is 0 Å². The predicted octanol–water partition coefficient (Wildman–Crippen LogP) is 3.27. The number of hydrogen-bond donors (Lipinski definition) is 1. The highest BCUT2D eigenvalue weighted by Gasteiger charge is 2.45. The predicted molar refractivity (Wildman–Crippen MR) is 71.9 cm³/mol. The third kappa shape index (κ3) is 2.71. The van der Waals surface area contributed by atoms with Gasteiger partial charge in [-0.15, -0.1) is 6.58 Å². The van der Waals surface area contributed by atoms with Crippen molar-refractivity contribution < 1.29 is 22.7 Å². The average Bonchev–Trinajstić information content (AvgIpc) is 2.59. The van der Waals surface area contributed by atoms with Gasteiger partial charge in [0.1, 0.15) is 5.76 Å². The lowest BCUT2D eigenvalue weighted by Crippen LogP contribution is -2.46. The number of Topliss-reactive ketones (excluding diaryl/α,β-unsaturated/α-hetero) is 1. The van der Waals surface area contributed by atoms with Gasteiger partial charge in [0.25, 0.3) is 0 Å². The Morgan fingerprint density at radius 3 is 2.67 bits per heavy atom.